The van der Waals surface area contributed by atoms with Gasteiger partial charge in [0.15, 0.2) is 0 Å². The first-order valence-electron chi connectivity index (χ1n) is 8.23. The van der Waals surface area contributed by atoms with Crippen LogP contribution in [0.15, 0.2) is 53.6 Å². The van der Waals surface area contributed by atoms with Crippen LogP contribution in [0.1, 0.15) is 31.5 Å². The minimum Gasteiger partial charge on any atom is -0.868 e. The Morgan fingerprint density at radius 1 is 1.29 bits per heavy atom. The number of hydrazone groups is 1. The van der Waals surface area contributed by atoms with Gasteiger partial charge in [0.05, 0.1) is 21.8 Å². The number of rotatable bonds is 6. The van der Waals surface area contributed by atoms with Gasteiger partial charge in [0.2, 0.25) is 0 Å². The molecule has 0 fully saturated rings. The Morgan fingerprint density at radius 2 is 2.04 bits per heavy atom. The summed E-state index contributed by atoms with van der Waals surface area (Å²) in [5.74, 6) is -1.10. The second-order valence-electron chi connectivity index (χ2n) is 5.87. The summed E-state index contributed by atoms with van der Waals surface area (Å²) in [7, 11) is 0. The molecule has 1 aromatic heterocycles. The van der Waals surface area contributed by atoms with Crippen molar-refractivity contribution in [2.45, 2.75) is 13.3 Å². The molecule has 0 atom stereocenters. The summed E-state index contributed by atoms with van der Waals surface area (Å²) in [5.41, 5.74) is 3.88. The number of nitro benzene ring substituents is 1. The van der Waals surface area contributed by atoms with Crippen molar-refractivity contribution in [2.24, 2.45) is 5.10 Å². The third-order valence-corrected chi connectivity index (χ3v) is 4.96. The van der Waals surface area contributed by atoms with E-state index in [9.17, 15) is 20.0 Å². The number of aryl methyl sites for hydroxylation is 1. The van der Waals surface area contributed by atoms with Crippen molar-refractivity contribution in [3.8, 4) is 5.75 Å². The van der Waals surface area contributed by atoms with E-state index in [2.05, 4.69) is 15.5 Å². The standard InChI is InChI=1S/C19H16N4O4S/c1-12-18(28-17(21-12)10-13-5-3-2-4-6-13)19(25)22-20-11-14-7-8-16(24)15(9-14)23(26)27/h2-9,11,24H,10H2,1H3,(H,22,25)/p-1/b20-11-. The van der Waals surface area contributed by atoms with E-state index in [1.54, 1.807) is 6.92 Å². The van der Waals surface area contributed by atoms with Gasteiger partial charge in [-0.25, -0.2) is 10.4 Å². The summed E-state index contributed by atoms with van der Waals surface area (Å²) in [4.78, 5) is 27.3. The lowest BCUT2D eigenvalue weighted by Crippen LogP contribution is -2.17. The summed E-state index contributed by atoms with van der Waals surface area (Å²) in [5, 5.41) is 26.8. The maximum atomic E-state index is 12.3. The quantitative estimate of drug-likeness (QED) is 0.391. The van der Waals surface area contributed by atoms with E-state index in [1.807, 2.05) is 30.3 Å². The second kappa shape index (κ2) is 8.40. The molecule has 3 aromatic rings. The van der Waals surface area contributed by atoms with E-state index in [0.717, 1.165) is 22.7 Å². The Morgan fingerprint density at radius 3 is 2.75 bits per heavy atom. The first-order valence-corrected chi connectivity index (χ1v) is 9.05. The maximum absolute atomic E-state index is 12.3. The fourth-order valence-corrected chi connectivity index (χ4v) is 3.47. The number of nitrogens with zero attached hydrogens (tertiary/aromatic N) is 3. The van der Waals surface area contributed by atoms with Gasteiger partial charge in [-0.3, -0.25) is 14.9 Å². The molecule has 3 rings (SSSR count). The van der Waals surface area contributed by atoms with Crippen molar-refractivity contribution in [3.05, 3.63) is 85.4 Å². The molecule has 2 aromatic carbocycles. The van der Waals surface area contributed by atoms with Crippen LogP contribution in [0.5, 0.6) is 5.75 Å². The van der Waals surface area contributed by atoms with Crippen molar-refractivity contribution >= 4 is 29.1 Å². The lowest BCUT2D eigenvalue weighted by molar-refractivity contribution is -0.398. The molecule has 0 saturated carbocycles. The van der Waals surface area contributed by atoms with Crippen LogP contribution < -0.4 is 10.5 Å². The zero-order valence-corrected chi connectivity index (χ0v) is 15.6. The number of nitro groups is 1. The van der Waals surface area contributed by atoms with Crippen LogP contribution in [-0.2, 0) is 6.42 Å². The van der Waals surface area contributed by atoms with E-state index in [-0.39, 0.29) is 0 Å². The third-order valence-electron chi connectivity index (χ3n) is 3.80. The number of carbonyl (C=O) groups is 1. The predicted molar refractivity (Wildman–Crippen MR) is 104 cm³/mol. The van der Waals surface area contributed by atoms with Gasteiger partial charge in [0.1, 0.15) is 4.88 Å². The zero-order valence-electron chi connectivity index (χ0n) is 14.8. The summed E-state index contributed by atoms with van der Waals surface area (Å²) in [6.07, 6.45) is 1.87. The topological polar surface area (TPSA) is 121 Å². The van der Waals surface area contributed by atoms with Crippen molar-refractivity contribution in [1.29, 1.82) is 0 Å². The number of thiazole rings is 1. The molecule has 1 N–H and O–H groups in total. The minimum atomic E-state index is -0.757. The van der Waals surface area contributed by atoms with Crippen LogP contribution in [0.3, 0.4) is 0 Å². The molecule has 9 heteroatoms. The van der Waals surface area contributed by atoms with Crippen LogP contribution in [0.25, 0.3) is 0 Å². The largest absolute Gasteiger partial charge is 0.868 e. The second-order valence-corrected chi connectivity index (χ2v) is 6.95. The lowest BCUT2D eigenvalue weighted by atomic mass is 10.2. The predicted octanol–water partition coefficient (Wildman–Crippen LogP) is 2.79. The summed E-state index contributed by atoms with van der Waals surface area (Å²) in [6, 6.07) is 13.4. The number of hydrogen-bond donors (Lipinski definition) is 1. The van der Waals surface area contributed by atoms with Crippen molar-refractivity contribution in [2.75, 3.05) is 0 Å². The number of carbonyl (C=O) groups excluding carboxylic acids is 1. The van der Waals surface area contributed by atoms with Crippen molar-refractivity contribution in [1.82, 2.24) is 10.4 Å². The molecule has 0 radical (unpaired) electrons. The summed E-state index contributed by atoms with van der Waals surface area (Å²) >= 11 is 1.29. The monoisotopic (exact) mass is 395 g/mol. The van der Waals surface area contributed by atoms with Gasteiger partial charge >= 0.3 is 0 Å². The van der Waals surface area contributed by atoms with Crippen LogP contribution in [0, 0.1) is 17.0 Å². The molecule has 1 heterocycles. The van der Waals surface area contributed by atoms with Crippen LogP contribution in [0.2, 0.25) is 0 Å². The molecular formula is C19H15N4O4S-. The SMILES string of the molecule is Cc1nc(Cc2ccccc2)sc1C(=O)N/N=C\c1ccc([O-])c([N+](=O)[O-])c1. The molecule has 0 spiro atoms. The van der Waals surface area contributed by atoms with E-state index >= 15 is 0 Å². The number of aromatic nitrogens is 1. The number of amides is 1. The Hall–Kier alpha value is -3.59. The molecule has 8 nitrogen and oxygen atoms in total. The highest BCUT2D eigenvalue weighted by Gasteiger charge is 2.15. The molecule has 0 unspecified atom stereocenters. The lowest BCUT2D eigenvalue weighted by Gasteiger charge is -2.05. The number of hydrogen-bond acceptors (Lipinski definition) is 7. The minimum absolute atomic E-state index is 0.331. The summed E-state index contributed by atoms with van der Waals surface area (Å²) in [6.45, 7) is 1.75. The fraction of sp³-hybridized carbons (Fsp3) is 0.105. The fourth-order valence-electron chi connectivity index (χ4n) is 2.48. The van der Waals surface area contributed by atoms with E-state index in [0.29, 0.717) is 22.6 Å². The van der Waals surface area contributed by atoms with Gasteiger partial charge in [0, 0.05) is 18.1 Å². The Bertz CT molecular complexity index is 1050. The highest BCUT2D eigenvalue weighted by atomic mass is 32.1. The van der Waals surface area contributed by atoms with Gasteiger partial charge in [-0.1, -0.05) is 42.5 Å². The molecule has 142 valence electrons. The molecule has 0 bridgehead atoms. The van der Waals surface area contributed by atoms with Crippen molar-refractivity contribution < 1.29 is 14.8 Å². The van der Waals surface area contributed by atoms with Gasteiger partial charge in [0.25, 0.3) is 11.6 Å². The van der Waals surface area contributed by atoms with E-state index in [1.165, 1.54) is 23.6 Å². The maximum Gasteiger partial charge on any atom is 0.283 e. The van der Waals surface area contributed by atoms with E-state index in [4.69, 9.17) is 0 Å². The molecule has 0 aliphatic rings. The Balaban J connectivity index is 1.67. The van der Waals surface area contributed by atoms with Crippen LogP contribution in [0.4, 0.5) is 5.69 Å². The van der Waals surface area contributed by atoms with Gasteiger partial charge in [-0.05, 0) is 18.2 Å². The van der Waals surface area contributed by atoms with Gasteiger partial charge < -0.3 is 5.11 Å². The highest BCUT2D eigenvalue weighted by Crippen LogP contribution is 2.23. The average molecular weight is 395 g/mol. The molecule has 1 amide bonds. The molecular weight excluding hydrogens is 380 g/mol. The Kier molecular flexibility index (Phi) is 5.75. The van der Waals surface area contributed by atoms with Gasteiger partial charge in [-0.15, -0.1) is 11.3 Å². The number of benzene rings is 2. The van der Waals surface area contributed by atoms with Crippen LogP contribution in [-0.4, -0.2) is 22.0 Å². The average Bonchev–Trinajstić information content (AvgIpc) is 3.03. The van der Waals surface area contributed by atoms with Crippen molar-refractivity contribution in [3.63, 3.8) is 0 Å². The van der Waals surface area contributed by atoms with E-state index < -0.39 is 22.3 Å². The molecule has 0 aliphatic carbocycles. The molecule has 28 heavy (non-hydrogen) atoms. The smallest absolute Gasteiger partial charge is 0.283 e. The van der Waals surface area contributed by atoms with Crippen LogP contribution >= 0.6 is 11.3 Å². The number of nitrogens with one attached hydrogen (secondary N) is 1. The summed E-state index contributed by atoms with van der Waals surface area (Å²) < 4.78 is 0. The highest BCUT2D eigenvalue weighted by molar-refractivity contribution is 7.13. The third kappa shape index (κ3) is 4.57. The Labute approximate surface area is 164 Å². The zero-order chi connectivity index (χ0) is 20.1. The first kappa shape index (κ1) is 19.2. The van der Waals surface area contributed by atoms with Gasteiger partial charge in [-0.2, -0.15) is 5.10 Å². The molecule has 0 aliphatic heterocycles. The first-order chi connectivity index (χ1) is 13.4. The normalized spacial score (nSPS) is 10.9. The molecule has 0 saturated heterocycles.